The van der Waals surface area contributed by atoms with Gasteiger partial charge in [-0.15, -0.1) is 10.2 Å². The van der Waals surface area contributed by atoms with Crippen LogP contribution in [0, 0.1) is 0 Å². The Labute approximate surface area is 115 Å². The molecule has 0 N–H and O–H groups in total. The summed E-state index contributed by atoms with van der Waals surface area (Å²) in [6.45, 7) is 1.53. The highest BCUT2D eigenvalue weighted by Gasteiger charge is 2.08. The quantitative estimate of drug-likeness (QED) is 0.756. The molecule has 100 valence electrons. The Bertz CT molecular complexity index is 551. The number of nitrogens with zero attached hydrogens (tertiary/aromatic N) is 2. The van der Waals surface area contributed by atoms with Crippen molar-refractivity contribution in [2.45, 2.75) is 18.6 Å². The molecular weight excluding hydrogens is 264 g/mol. The number of thioether (sulfide) groups is 1. The molecule has 0 saturated carbocycles. The third-order valence-electron chi connectivity index (χ3n) is 2.36. The zero-order valence-corrected chi connectivity index (χ0v) is 11.6. The minimum absolute atomic E-state index is 0.0832. The maximum Gasteiger partial charge on any atom is 0.277 e. The normalized spacial score (nSPS) is 10.4. The van der Waals surface area contributed by atoms with Crippen LogP contribution in [0.1, 0.15) is 18.4 Å². The third-order valence-corrected chi connectivity index (χ3v) is 3.32. The van der Waals surface area contributed by atoms with Gasteiger partial charge in [-0.25, -0.2) is 0 Å². The number of ether oxygens (including phenoxy) is 1. The van der Waals surface area contributed by atoms with Crippen molar-refractivity contribution in [3.63, 3.8) is 0 Å². The van der Waals surface area contributed by atoms with E-state index >= 15 is 0 Å². The minimum atomic E-state index is 0.0832. The zero-order valence-electron chi connectivity index (χ0n) is 10.8. The zero-order chi connectivity index (χ0) is 13.7. The average molecular weight is 278 g/mol. The molecule has 1 heterocycles. The van der Waals surface area contributed by atoms with Crippen LogP contribution in [-0.4, -0.2) is 28.8 Å². The highest BCUT2D eigenvalue weighted by molar-refractivity contribution is 7.99. The van der Waals surface area contributed by atoms with Crippen molar-refractivity contribution in [3.05, 3.63) is 35.7 Å². The van der Waals surface area contributed by atoms with Gasteiger partial charge in [0.15, 0.2) is 0 Å². The number of aromatic nitrogens is 2. The first-order valence-corrected chi connectivity index (χ1v) is 6.73. The largest absolute Gasteiger partial charge is 0.497 e. The number of carbonyl (C=O) groups excluding carboxylic acids is 1. The fraction of sp³-hybridized carbons (Fsp3) is 0.308. The lowest BCUT2D eigenvalue weighted by molar-refractivity contribution is -0.114. The monoisotopic (exact) mass is 278 g/mol. The van der Waals surface area contributed by atoms with Crippen molar-refractivity contribution in [1.82, 2.24) is 10.2 Å². The summed E-state index contributed by atoms with van der Waals surface area (Å²) in [4.78, 5) is 10.9. The maximum absolute atomic E-state index is 10.9. The Morgan fingerprint density at radius 1 is 1.32 bits per heavy atom. The van der Waals surface area contributed by atoms with E-state index in [2.05, 4.69) is 10.2 Å². The van der Waals surface area contributed by atoms with E-state index in [-0.39, 0.29) is 5.78 Å². The molecule has 0 bridgehead atoms. The first-order valence-electron chi connectivity index (χ1n) is 5.75. The van der Waals surface area contributed by atoms with Crippen molar-refractivity contribution in [3.8, 4) is 5.75 Å². The van der Waals surface area contributed by atoms with Gasteiger partial charge in [-0.3, -0.25) is 4.79 Å². The summed E-state index contributed by atoms with van der Waals surface area (Å²) in [5, 5.41) is 8.27. The Morgan fingerprint density at radius 3 is 2.68 bits per heavy atom. The summed E-state index contributed by atoms with van der Waals surface area (Å²) < 4.78 is 10.5. The number of hydrogen-bond acceptors (Lipinski definition) is 6. The van der Waals surface area contributed by atoms with E-state index in [1.165, 1.54) is 18.7 Å². The van der Waals surface area contributed by atoms with Crippen LogP contribution in [0.3, 0.4) is 0 Å². The lowest BCUT2D eigenvalue weighted by Crippen LogP contribution is -1.92. The van der Waals surface area contributed by atoms with Gasteiger partial charge in [0.25, 0.3) is 5.22 Å². The topological polar surface area (TPSA) is 65.2 Å². The molecule has 1 aromatic carbocycles. The van der Waals surface area contributed by atoms with E-state index in [0.29, 0.717) is 23.3 Å². The number of Topliss-reactive ketones (excluding diaryl/α,β-unsaturated/α-hetero) is 1. The van der Waals surface area contributed by atoms with Gasteiger partial charge in [0.05, 0.1) is 19.3 Å². The molecule has 6 heteroatoms. The van der Waals surface area contributed by atoms with E-state index in [1.54, 1.807) is 7.11 Å². The van der Waals surface area contributed by atoms with Crippen LogP contribution >= 0.6 is 11.8 Å². The van der Waals surface area contributed by atoms with Crippen LogP contribution in [0.15, 0.2) is 33.9 Å². The molecule has 19 heavy (non-hydrogen) atoms. The summed E-state index contributed by atoms with van der Waals surface area (Å²) in [6, 6.07) is 7.67. The van der Waals surface area contributed by atoms with Gasteiger partial charge in [-0.1, -0.05) is 23.9 Å². The lowest BCUT2D eigenvalue weighted by Gasteiger charge is -2.00. The number of rotatable bonds is 6. The summed E-state index contributed by atoms with van der Waals surface area (Å²) >= 11 is 1.26. The number of methoxy groups -OCH3 is 1. The van der Waals surface area contributed by atoms with Gasteiger partial charge < -0.3 is 9.15 Å². The standard InChI is InChI=1S/C13H14N2O3S/c1-9(16)8-19-13-15-14-12(18-13)7-10-3-5-11(17-2)6-4-10/h3-6H,7-8H2,1-2H3. The first kappa shape index (κ1) is 13.6. The Morgan fingerprint density at radius 2 is 2.05 bits per heavy atom. The molecule has 2 aromatic rings. The second-order valence-electron chi connectivity index (χ2n) is 3.98. The number of ketones is 1. The van der Waals surface area contributed by atoms with Gasteiger partial charge in [0.1, 0.15) is 11.5 Å². The molecule has 0 amide bonds. The van der Waals surface area contributed by atoms with Crippen molar-refractivity contribution >= 4 is 17.5 Å². The van der Waals surface area contributed by atoms with Crippen LogP contribution in [0.2, 0.25) is 0 Å². The highest BCUT2D eigenvalue weighted by Crippen LogP contribution is 2.18. The predicted octanol–water partition coefficient (Wildman–Crippen LogP) is 2.35. The van der Waals surface area contributed by atoms with Crippen molar-refractivity contribution in [1.29, 1.82) is 0 Å². The number of hydrogen-bond donors (Lipinski definition) is 0. The van der Waals surface area contributed by atoms with E-state index in [1.807, 2.05) is 24.3 Å². The van der Waals surface area contributed by atoms with Crippen molar-refractivity contribution in [2.75, 3.05) is 12.9 Å². The van der Waals surface area contributed by atoms with Crippen LogP contribution in [0.25, 0.3) is 0 Å². The second-order valence-corrected chi connectivity index (χ2v) is 4.90. The summed E-state index contributed by atoms with van der Waals surface area (Å²) in [5.74, 6) is 1.78. The molecule has 0 unspecified atom stereocenters. The third kappa shape index (κ3) is 4.10. The molecule has 1 aromatic heterocycles. The lowest BCUT2D eigenvalue weighted by atomic mass is 10.1. The van der Waals surface area contributed by atoms with E-state index in [9.17, 15) is 4.79 Å². The molecule has 0 aliphatic heterocycles. The average Bonchev–Trinajstić information content (AvgIpc) is 2.85. The van der Waals surface area contributed by atoms with Crippen molar-refractivity contribution < 1.29 is 13.9 Å². The molecule has 0 fully saturated rings. The Balaban J connectivity index is 1.96. The smallest absolute Gasteiger partial charge is 0.277 e. The SMILES string of the molecule is COc1ccc(Cc2nnc(SCC(C)=O)o2)cc1. The molecule has 5 nitrogen and oxygen atoms in total. The molecule has 0 aliphatic rings. The number of benzene rings is 1. The molecule has 2 rings (SSSR count). The van der Waals surface area contributed by atoms with Crippen LogP contribution in [0.5, 0.6) is 5.75 Å². The van der Waals surface area contributed by atoms with E-state index in [4.69, 9.17) is 9.15 Å². The summed E-state index contributed by atoms with van der Waals surface area (Å²) in [6.07, 6.45) is 0.567. The minimum Gasteiger partial charge on any atom is -0.497 e. The molecule has 0 spiro atoms. The Hall–Kier alpha value is -1.82. The summed E-state index contributed by atoms with van der Waals surface area (Å²) in [5.41, 5.74) is 1.06. The van der Waals surface area contributed by atoms with Gasteiger partial charge in [-0.2, -0.15) is 0 Å². The molecule has 0 saturated heterocycles. The fourth-order valence-electron chi connectivity index (χ4n) is 1.45. The van der Waals surface area contributed by atoms with E-state index < -0.39 is 0 Å². The van der Waals surface area contributed by atoms with Gasteiger partial charge in [-0.05, 0) is 24.6 Å². The predicted molar refractivity (Wildman–Crippen MR) is 71.5 cm³/mol. The summed E-state index contributed by atoms with van der Waals surface area (Å²) in [7, 11) is 1.63. The van der Waals surface area contributed by atoms with Crippen molar-refractivity contribution in [2.24, 2.45) is 0 Å². The molecular formula is C13H14N2O3S. The van der Waals surface area contributed by atoms with Gasteiger partial charge in [0.2, 0.25) is 5.89 Å². The second kappa shape index (κ2) is 6.38. The van der Waals surface area contributed by atoms with Crippen LogP contribution in [-0.2, 0) is 11.2 Å². The maximum atomic E-state index is 10.9. The number of carbonyl (C=O) groups is 1. The fourth-order valence-corrected chi connectivity index (χ4v) is 2.03. The van der Waals surface area contributed by atoms with Gasteiger partial charge >= 0.3 is 0 Å². The van der Waals surface area contributed by atoms with Gasteiger partial charge in [0, 0.05) is 0 Å². The highest BCUT2D eigenvalue weighted by atomic mass is 32.2. The molecule has 0 atom stereocenters. The van der Waals surface area contributed by atoms with Crippen LogP contribution < -0.4 is 4.74 Å². The first-order chi connectivity index (χ1) is 9.17. The Kier molecular flexibility index (Phi) is 4.57. The molecule has 0 radical (unpaired) electrons. The van der Waals surface area contributed by atoms with Crippen LogP contribution in [0.4, 0.5) is 0 Å². The van der Waals surface area contributed by atoms with E-state index in [0.717, 1.165) is 11.3 Å². The molecule has 0 aliphatic carbocycles.